The van der Waals surface area contributed by atoms with E-state index in [1.54, 1.807) is 21.8 Å². The van der Waals surface area contributed by atoms with Crippen LogP contribution in [0.2, 0.25) is 0 Å². The number of amides is 3. The van der Waals surface area contributed by atoms with Crippen LogP contribution in [0.1, 0.15) is 28.8 Å². The van der Waals surface area contributed by atoms with Crippen molar-refractivity contribution in [2.75, 3.05) is 0 Å². The quantitative estimate of drug-likeness (QED) is 0.592. The normalized spacial score (nSPS) is 20.0. The van der Waals surface area contributed by atoms with Crippen molar-refractivity contribution in [3.05, 3.63) is 35.5 Å². The molecule has 0 aliphatic carbocycles. The first-order chi connectivity index (χ1) is 12.0. The highest BCUT2D eigenvalue weighted by atomic mass is 27.0. The number of aryl methyl sites for hydroxylation is 1. The molecule has 1 saturated heterocycles. The fourth-order valence-corrected chi connectivity index (χ4v) is 3.72. The third kappa shape index (κ3) is 2.58. The molecule has 3 amide bonds. The molecule has 2 radical (unpaired) electrons. The van der Waals surface area contributed by atoms with Gasteiger partial charge in [-0.2, -0.15) is 5.10 Å². The summed E-state index contributed by atoms with van der Waals surface area (Å²) < 4.78 is 2.74. The number of aromatic nitrogens is 2. The average Bonchev–Trinajstić information content (AvgIpc) is 3.08. The number of hydrogen-bond acceptors (Lipinski definition) is 4. The number of carbonyl (C=O) groups is 3. The molecule has 1 aromatic heterocycles. The van der Waals surface area contributed by atoms with Crippen LogP contribution < -0.4 is 9.87 Å². The predicted molar refractivity (Wildman–Crippen MR) is 90.1 cm³/mol. The number of fused-ring (bicyclic) bond motifs is 1. The lowest BCUT2D eigenvalue weighted by molar-refractivity contribution is -0.136. The highest BCUT2D eigenvalue weighted by Crippen LogP contribution is 2.30. The largest absolute Gasteiger partial charge is 0.322 e. The molecule has 4 rings (SSSR count). The fraction of sp³-hybridized carbons (Fsp3) is 0.294. The summed E-state index contributed by atoms with van der Waals surface area (Å²) in [5, 5.41) is 6.56. The summed E-state index contributed by atoms with van der Waals surface area (Å²) in [5.74, 6) is -0.831. The predicted octanol–water partition coefficient (Wildman–Crippen LogP) is -0.358. The summed E-state index contributed by atoms with van der Waals surface area (Å²) in [4.78, 5) is 37.6. The van der Waals surface area contributed by atoms with Crippen LogP contribution in [-0.4, -0.2) is 54.7 Å². The zero-order valence-electron chi connectivity index (χ0n) is 13.7. The minimum Gasteiger partial charge on any atom is -0.322 e. The van der Waals surface area contributed by atoms with Gasteiger partial charge in [0, 0.05) is 31.1 Å². The Morgan fingerprint density at radius 2 is 2.04 bits per heavy atom. The summed E-state index contributed by atoms with van der Waals surface area (Å²) in [6.45, 7) is 0.376. The molecule has 0 spiro atoms. The lowest BCUT2D eigenvalue weighted by atomic mass is 10.0. The molecule has 3 heterocycles. The fourth-order valence-electron chi connectivity index (χ4n) is 3.41. The van der Waals surface area contributed by atoms with Crippen LogP contribution in [0.3, 0.4) is 0 Å². The second-order valence-electron chi connectivity index (χ2n) is 6.34. The molecule has 25 heavy (non-hydrogen) atoms. The van der Waals surface area contributed by atoms with E-state index in [9.17, 15) is 14.4 Å². The van der Waals surface area contributed by atoms with Gasteiger partial charge in [-0.15, -0.1) is 0 Å². The number of carbonyl (C=O) groups excluding carboxylic acids is 3. The maximum atomic E-state index is 12.7. The van der Waals surface area contributed by atoms with Crippen molar-refractivity contribution in [1.29, 1.82) is 0 Å². The van der Waals surface area contributed by atoms with Crippen LogP contribution >= 0.6 is 0 Å². The smallest absolute Gasteiger partial charge is 0.255 e. The Morgan fingerprint density at radius 3 is 2.72 bits per heavy atom. The van der Waals surface area contributed by atoms with Crippen molar-refractivity contribution in [2.45, 2.75) is 25.4 Å². The molecule has 2 aromatic rings. The minimum atomic E-state index is -0.586. The van der Waals surface area contributed by atoms with Gasteiger partial charge in [0.2, 0.25) is 28.1 Å². The summed E-state index contributed by atoms with van der Waals surface area (Å²) in [5.41, 5.74) is 3.47. The van der Waals surface area contributed by atoms with Gasteiger partial charge in [0.05, 0.1) is 6.20 Å². The molecule has 1 aromatic carbocycles. The molecular weight excluding hydrogens is 335 g/mol. The van der Waals surface area contributed by atoms with Gasteiger partial charge in [0.1, 0.15) is 6.04 Å². The summed E-state index contributed by atoms with van der Waals surface area (Å²) in [7, 11) is 1.87. The average molecular weight is 350 g/mol. The van der Waals surface area contributed by atoms with Crippen LogP contribution in [0.25, 0.3) is 11.1 Å². The Hall–Kier alpha value is -2.43. The van der Waals surface area contributed by atoms with Gasteiger partial charge in [0.15, 0.2) is 0 Å². The number of imide groups is 1. The maximum absolute atomic E-state index is 12.7. The van der Waals surface area contributed by atoms with Crippen LogP contribution in [0.15, 0.2) is 24.4 Å². The number of hydrogen-bond donors (Lipinski definition) is 1. The molecule has 1 N–H and O–H groups in total. The van der Waals surface area contributed by atoms with Crippen LogP contribution in [0.4, 0.5) is 0 Å². The van der Waals surface area contributed by atoms with Gasteiger partial charge in [0.25, 0.3) is 5.91 Å². The summed E-state index contributed by atoms with van der Waals surface area (Å²) >= 11 is 2.67. The third-order valence-corrected chi connectivity index (χ3v) is 5.50. The van der Waals surface area contributed by atoms with Crippen molar-refractivity contribution in [2.24, 2.45) is 7.05 Å². The van der Waals surface area contributed by atoms with E-state index < -0.39 is 11.9 Å². The molecule has 2 aliphatic heterocycles. The number of piperidine rings is 1. The zero-order valence-corrected chi connectivity index (χ0v) is 14.8. The first kappa shape index (κ1) is 16.1. The van der Waals surface area contributed by atoms with Crippen LogP contribution in [0.5, 0.6) is 0 Å². The van der Waals surface area contributed by atoms with Crippen molar-refractivity contribution in [3.63, 3.8) is 0 Å². The van der Waals surface area contributed by atoms with E-state index in [0.29, 0.717) is 18.5 Å². The molecule has 1 atom stereocenters. The Bertz CT molecular complexity index is 921. The third-order valence-electron chi connectivity index (χ3n) is 4.82. The molecule has 124 valence electrons. The van der Waals surface area contributed by atoms with E-state index in [-0.39, 0.29) is 18.2 Å². The van der Waals surface area contributed by atoms with Gasteiger partial charge in [-0.05, 0) is 29.7 Å². The van der Waals surface area contributed by atoms with Crippen LogP contribution in [-0.2, 0) is 23.2 Å². The number of nitrogens with zero attached hydrogens (tertiary/aromatic N) is 3. The van der Waals surface area contributed by atoms with E-state index in [1.807, 2.05) is 19.2 Å². The number of rotatable bonds is 2. The monoisotopic (exact) mass is 350 g/mol. The van der Waals surface area contributed by atoms with E-state index in [0.717, 1.165) is 21.2 Å². The summed E-state index contributed by atoms with van der Waals surface area (Å²) in [6.07, 6.45) is 2.42. The SMILES string of the molecule is Cn1ncc(-c2ccc3c(c2)CN([C@@H]2CCC(=O)NC2=O)C3=O)[c]1[Al]. The van der Waals surface area contributed by atoms with Crippen molar-refractivity contribution < 1.29 is 14.4 Å². The molecule has 0 bridgehead atoms. The number of nitrogens with one attached hydrogen (secondary N) is 1. The second kappa shape index (κ2) is 5.83. The Morgan fingerprint density at radius 1 is 1.24 bits per heavy atom. The number of benzene rings is 1. The van der Waals surface area contributed by atoms with E-state index in [4.69, 9.17) is 0 Å². The van der Waals surface area contributed by atoms with Gasteiger partial charge in [-0.3, -0.25) is 24.4 Å². The standard InChI is InChI=1S/C17H15N4O3.Al/c1-20-8-12(7-18-20)10-2-3-13-11(6-10)9-21(17(13)24)14-4-5-15(22)19-16(14)23;/h2-3,6-7,14H,4-5,9H2,1H3,(H,19,22,23);/t14-;/m1./s1. The Labute approximate surface area is 152 Å². The van der Waals surface area contributed by atoms with Crippen molar-refractivity contribution >= 4 is 38.6 Å². The van der Waals surface area contributed by atoms with E-state index >= 15 is 0 Å². The van der Waals surface area contributed by atoms with Gasteiger partial charge in [-0.1, -0.05) is 10.6 Å². The lowest BCUT2D eigenvalue weighted by Gasteiger charge is -2.29. The highest BCUT2D eigenvalue weighted by Gasteiger charge is 2.39. The van der Waals surface area contributed by atoms with Crippen molar-refractivity contribution in [3.8, 4) is 11.1 Å². The zero-order chi connectivity index (χ0) is 17.7. The molecule has 1 fully saturated rings. The molecule has 2 aliphatic rings. The summed E-state index contributed by atoms with van der Waals surface area (Å²) in [6, 6.07) is 5.09. The second-order valence-corrected chi connectivity index (χ2v) is 6.89. The first-order valence-corrected chi connectivity index (χ1v) is 8.59. The topological polar surface area (TPSA) is 84.3 Å². The maximum Gasteiger partial charge on any atom is 0.255 e. The van der Waals surface area contributed by atoms with Gasteiger partial charge in [-0.25, -0.2) is 0 Å². The lowest BCUT2D eigenvalue weighted by Crippen LogP contribution is -2.52. The first-order valence-electron chi connectivity index (χ1n) is 8.01. The Balaban J connectivity index is 1.64. The van der Waals surface area contributed by atoms with Gasteiger partial charge < -0.3 is 4.90 Å². The molecular formula is C17H15AlN4O3. The molecule has 0 saturated carbocycles. The Kier molecular flexibility index (Phi) is 3.75. The van der Waals surface area contributed by atoms with E-state index in [1.165, 1.54) is 0 Å². The van der Waals surface area contributed by atoms with Crippen LogP contribution in [0, 0.1) is 0 Å². The molecule has 8 heteroatoms. The minimum absolute atomic E-state index is 0.159. The highest BCUT2D eigenvalue weighted by molar-refractivity contribution is 6.34. The van der Waals surface area contributed by atoms with E-state index in [2.05, 4.69) is 26.7 Å². The van der Waals surface area contributed by atoms with Gasteiger partial charge >= 0.3 is 0 Å². The molecule has 7 nitrogen and oxygen atoms in total. The van der Waals surface area contributed by atoms with Crippen molar-refractivity contribution in [1.82, 2.24) is 20.0 Å². The molecule has 0 unspecified atom stereocenters.